The summed E-state index contributed by atoms with van der Waals surface area (Å²) in [6.07, 6.45) is 0. The van der Waals surface area contributed by atoms with E-state index >= 15 is 0 Å². The summed E-state index contributed by atoms with van der Waals surface area (Å²) in [5.41, 5.74) is 2.12. The molecule has 3 heteroatoms. The highest BCUT2D eigenvalue weighted by atomic mass is 35.5. The van der Waals surface area contributed by atoms with Gasteiger partial charge in [0.25, 0.3) is 0 Å². The number of fused-ring (bicyclic) bond motifs is 1. The Kier molecular flexibility index (Phi) is 3.93. The average Bonchev–Trinajstić information content (AvgIpc) is 2.67. The summed E-state index contributed by atoms with van der Waals surface area (Å²) in [5.74, 6) is 0.981. The molecule has 0 aliphatic rings. The zero-order valence-corrected chi connectivity index (χ0v) is 13.1. The fourth-order valence-corrected chi connectivity index (χ4v) is 2.76. The molecule has 104 valence electrons. The van der Waals surface area contributed by atoms with E-state index in [0.717, 1.165) is 33.9 Å². The first-order chi connectivity index (χ1) is 8.82. The van der Waals surface area contributed by atoms with E-state index in [1.807, 2.05) is 19.1 Å². The number of aryl methyl sites for hydroxylation is 1. The average molecular weight is 280 g/mol. The predicted octanol–water partition coefficient (Wildman–Crippen LogP) is 5.09. The Balaban J connectivity index is 2.52. The molecule has 2 rings (SSSR count). The summed E-state index contributed by atoms with van der Waals surface area (Å²) in [5, 5.41) is 5.34. The number of hydrogen-bond acceptors (Lipinski definition) is 2. The molecule has 2 aromatic rings. The first-order valence-electron chi connectivity index (χ1n) is 6.76. The van der Waals surface area contributed by atoms with E-state index in [1.165, 1.54) is 0 Å². The normalized spacial score (nSPS) is 14.0. The van der Waals surface area contributed by atoms with Gasteiger partial charge < -0.3 is 9.73 Å². The first kappa shape index (κ1) is 14.4. The minimum atomic E-state index is 0.0988. The van der Waals surface area contributed by atoms with Crippen molar-refractivity contribution in [1.29, 1.82) is 0 Å². The Morgan fingerprint density at radius 3 is 2.53 bits per heavy atom. The van der Waals surface area contributed by atoms with Gasteiger partial charge >= 0.3 is 0 Å². The van der Waals surface area contributed by atoms with Gasteiger partial charge in [0.2, 0.25) is 0 Å². The number of hydrogen-bond donors (Lipinski definition) is 1. The van der Waals surface area contributed by atoms with Crippen LogP contribution in [0.4, 0.5) is 0 Å². The van der Waals surface area contributed by atoms with Crippen LogP contribution in [-0.4, -0.2) is 6.54 Å². The summed E-state index contributed by atoms with van der Waals surface area (Å²) < 4.78 is 6.07. The highest BCUT2D eigenvalue weighted by Crippen LogP contribution is 2.37. The monoisotopic (exact) mass is 279 g/mol. The third-order valence-electron chi connectivity index (χ3n) is 3.34. The Bertz CT molecular complexity index is 580. The molecular weight excluding hydrogens is 258 g/mol. The minimum absolute atomic E-state index is 0.0988. The first-order valence-corrected chi connectivity index (χ1v) is 7.13. The van der Waals surface area contributed by atoms with Crippen molar-refractivity contribution >= 4 is 22.6 Å². The van der Waals surface area contributed by atoms with E-state index in [2.05, 4.69) is 39.1 Å². The maximum Gasteiger partial charge on any atom is 0.137 e. The second-order valence-electron chi connectivity index (χ2n) is 6.15. The second-order valence-corrected chi connectivity index (χ2v) is 6.58. The molecule has 1 aromatic heterocycles. The number of furan rings is 1. The third-order valence-corrected chi connectivity index (χ3v) is 3.56. The molecule has 0 fully saturated rings. The van der Waals surface area contributed by atoms with Crippen molar-refractivity contribution in [2.24, 2.45) is 5.41 Å². The zero-order chi connectivity index (χ0) is 14.2. The van der Waals surface area contributed by atoms with Gasteiger partial charge in [-0.2, -0.15) is 0 Å². The molecule has 1 unspecified atom stereocenters. The second kappa shape index (κ2) is 5.18. The van der Waals surface area contributed by atoms with Crippen molar-refractivity contribution in [3.63, 3.8) is 0 Å². The molecule has 1 N–H and O–H groups in total. The quantitative estimate of drug-likeness (QED) is 0.846. The lowest BCUT2D eigenvalue weighted by molar-refractivity contribution is 0.244. The van der Waals surface area contributed by atoms with Crippen LogP contribution in [0.2, 0.25) is 5.02 Å². The molecule has 0 radical (unpaired) electrons. The third kappa shape index (κ3) is 2.96. The fraction of sp³-hybridized carbons (Fsp3) is 0.500. The molecule has 0 bridgehead atoms. The molecule has 1 aromatic carbocycles. The summed E-state index contributed by atoms with van der Waals surface area (Å²) in [4.78, 5) is 0. The predicted molar refractivity (Wildman–Crippen MR) is 81.8 cm³/mol. The molecule has 0 saturated carbocycles. The van der Waals surface area contributed by atoms with Gasteiger partial charge in [-0.1, -0.05) is 39.3 Å². The Morgan fingerprint density at radius 1 is 1.26 bits per heavy atom. The van der Waals surface area contributed by atoms with E-state index in [-0.39, 0.29) is 11.5 Å². The summed E-state index contributed by atoms with van der Waals surface area (Å²) in [7, 11) is 0. The highest BCUT2D eigenvalue weighted by molar-refractivity contribution is 6.31. The van der Waals surface area contributed by atoms with Gasteiger partial charge in [0.1, 0.15) is 11.3 Å². The molecule has 19 heavy (non-hydrogen) atoms. The van der Waals surface area contributed by atoms with Crippen molar-refractivity contribution in [3.8, 4) is 0 Å². The molecule has 2 nitrogen and oxygen atoms in total. The maximum absolute atomic E-state index is 6.11. The van der Waals surface area contributed by atoms with E-state index in [0.29, 0.717) is 0 Å². The zero-order valence-electron chi connectivity index (χ0n) is 12.3. The van der Waals surface area contributed by atoms with Crippen LogP contribution in [0.15, 0.2) is 22.6 Å². The van der Waals surface area contributed by atoms with E-state index in [1.54, 1.807) is 0 Å². The van der Waals surface area contributed by atoms with E-state index in [9.17, 15) is 0 Å². The van der Waals surface area contributed by atoms with Crippen molar-refractivity contribution in [2.75, 3.05) is 6.54 Å². The largest absolute Gasteiger partial charge is 0.459 e. The molecule has 0 saturated heterocycles. The van der Waals surface area contributed by atoms with Crippen LogP contribution in [0.5, 0.6) is 0 Å². The molecule has 1 atom stereocenters. The standard InChI is InChI=1S/C16H22ClNO/c1-6-18-15(16(3,4)5)13-9-11-8-12(17)7-10(2)14(11)19-13/h7-9,15,18H,6H2,1-5H3. The topological polar surface area (TPSA) is 25.2 Å². The lowest BCUT2D eigenvalue weighted by Crippen LogP contribution is -2.31. The fourth-order valence-electron chi connectivity index (χ4n) is 2.48. The number of nitrogens with one attached hydrogen (secondary N) is 1. The van der Waals surface area contributed by atoms with Gasteiger partial charge in [-0.25, -0.2) is 0 Å². The van der Waals surface area contributed by atoms with Crippen molar-refractivity contribution in [1.82, 2.24) is 5.32 Å². The SMILES string of the molecule is CCNC(c1cc2cc(Cl)cc(C)c2o1)C(C)(C)C. The number of benzene rings is 1. The van der Waals surface area contributed by atoms with Crippen LogP contribution in [0.3, 0.4) is 0 Å². The van der Waals surface area contributed by atoms with Crippen molar-refractivity contribution in [3.05, 3.63) is 34.5 Å². The molecule has 1 heterocycles. The van der Waals surface area contributed by atoms with Crippen LogP contribution in [0, 0.1) is 12.3 Å². The molecule has 0 spiro atoms. The van der Waals surface area contributed by atoms with Crippen molar-refractivity contribution < 1.29 is 4.42 Å². The van der Waals surface area contributed by atoms with Gasteiger partial charge in [0.05, 0.1) is 6.04 Å². The van der Waals surface area contributed by atoms with Gasteiger partial charge in [-0.15, -0.1) is 0 Å². The minimum Gasteiger partial charge on any atom is -0.459 e. The van der Waals surface area contributed by atoms with Gasteiger partial charge in [-0.3, -0.25) is 0 Å². The van der Waals surface area contributed by atoms with E-state index in [4.69, 9.17) is 16.0 Å². The van der Waals surface area contributed by atoms with Gasteiger partial charge in [-0.05, 0) is 42.6 Å². The molecule has 0 aliphatic heterocycles. The van der Waals surface area contributed by atoms with Gasteiger partial charge in [0, 0.05) is 10.4 Å². The lowest BCUT2D eigenvalue weighted by atomic mass is 9.85. The summed E-state index contributed by atoms with van der Waals surface area (Å²) >= 11 is 6.11. The van der Waals surface area contributed by atoms with Crippen LogP contribution in [0.1, 0.15) is 45.1 Å². The van der Waals surface area contributed by atoms with Crippen molar-refractivity contribution in [2.45, 2.75) is 40.7 Å². The van der Waals surface area contributed by atoms with Gasteiger partial charge in [0.15, 0.2) is 0 Å². The number of rotatable bonds is 3. The van der Waals surface area contributed by atoms with Crippen LogP contribution in [0.25, 0.3) is 11.0 Å². The lowest BCUT2D eigenvalue weighted by Gasteiger charge is -2.29. The molecule has 0 aliphatic carbocycles. The maximum atomic E-state index is 6.11. The Labute approximate surface area is 120 Å². The highest BCUT2D eigenvalue weighted by Gasteiger charge is 2.28. The van der Waals surface area contributed by atoms with Crippen LogP contribution >= 0.6 is 11.6 Å². The molecule has 0 amide bonds. The Hall–Kier alpha value is -0.990. The Morgan fingerprint density at radius 2 is 1.95 bits per heavy atom. The van der Waals surface area contributed by atoms with E-state index < -0.39 is 0 Å². The van der Waals surface area contributed by atoms with Crippen LogP contribution in [-0.2, 0) is 0 Å². The number of halogens is 1. The summed E-state index contributed by atoms with van der Waals surface area (Å²) in [6.45, 7) is 11.7. The smallest absolute Gasteiger partial charge is 0.137 e. The van der Waals surface area contributed by atoms with Crippen LogP contribution < -0.4 is 5.32 Å². The molecular formula is C16H22ClNO. The summed E-state index contributed by atoms with van der Waals surface area (Å²) in [6, 6.07) is 6.20.